The lowest BCUT2D eigenvalue weighted by atomic mass is 10.1. The minimum Gasteiger partial charge on any atom is -0.384 e. The van der Waals surface area contributed by atoms with Gasteiger partial charge in [-0.2, -0.15) is 0 Å². The van der Waals surface area contributed by atoms with Gasteiger partial charge < -0.3 is 11.1 Å². The molecule has 0 aliphatic carbocycles. The summed E-state index contributed by atoms with van der Waals surface area (Å²) in [6.07, 6.45) is 4.32. The minimum atomic E-state index is -0.136. The van der Waals surface area contributed by atoms with Crippen LogP contribution in [0.1, 0.15) is 53.8 Å². The molecule has 3 N–H and O–H groups in total. The van der Waals surface area contributed by atoms with Crippen LogP contribution in [0.3, 0.4) is 0 Å². The number of thiazole rings is 1. The Kier molecular flexibility index (Phi) is 5.27. The Morgan fingerprint density at radius 2 is 2.24 bits per heavy atom. The first-order chi connectivity index (χ1) is 10.1. The molecule has 1 atom stereocenters. The molecule has 1 unspecified atom stereocenters. The van der Waals surface area contributed by atoms with E-state index in [9.17, 15) is 4.79 Å². The van der Waals surface area contributed by atoms with Crippen molar-refractivity contribution in [3.8, 4) is 0 Å². The van der Waals surface area contributed by atoms with Crippen LogP contribution < -0.4 is 11.1 Å². The Balaban J connectivity index is 2.15. The van der Waals surface area contributed by atoms with Gasteiger partial charge >= 0.3 is 0 Å². The molecule has 112 valence electrons. The molecule has 1 amide bonds. The van der Waals surface area contributed by atoms with E-state index in [2.05, 4.69) is 22.2 Å². The topological polar surface area (TPSA) is 80.9 Å². The van der Waals surface area contributed by atoms with E-state index < -0.39 is 0 Å². The summed E-state index contributed by atoms with van der Waals surface area (Å²) < 4.78 is 0. The van der Waals surface area contributed by atoms with Gasteiger partial charge in [0.15, 0.2) is 0 Å². The molecule has 0 radical (unpaired) electrons. The van der Waals surface area contributed by atoms with Crippen LogP contribution in [-0.2, 0) is 6.42 Å². The summed E-state index contributed by atoms with van der Waals surface area (Å²) in [6, 6.07) is 3.36. The van der Waals surface area contributed by atoms with Crippen molar-refractivity contribution in [3.63, 3.8) is 0 Å². The van der Waals surface area contributed by atoms with Gasteiger partial charge in [0.05, 0.1) is 6.04 Å². The predicted molar refractivity (Wildman–Crippen MR) is 85.3 cm³/mol. The molecule has 2 heterocycles. The summed E-state index contributed by atoms with van der Waals surface area (Å²) in [6.45, 7) is 4.09. The maximum absolute atomic E-state index is 12.4. The van der Waals surface area contributed by atoms with Gasteiger partial charge in [-0.25, -0.2) is 9.97 Å². The molecule has 0 saturated heterocycles. The van der Waals surface area contributed by atoms with E-state index >= 15 is 0 Å². The number of amides is 1. The maximum atomic E-state index is 12.4. The summed E-state index contributed by atoms with van der Waals surface area (Å²) in [4.78, 5) is 20.9. The van der Waals surface area contributed by atoms with Crippen molar-refractivity contribution in [2.24, 2.45) is 0 Å². The van der Waals surface area contributed by atoms with E-state index in [0.717, 1.165) is 30.0 Å². The molecule has 2 aromatic heterocycles. The summed E-state index contributed by atoms with van der Waals surface area (Å²) >= 11 is 1.54. The normalized spacial score (nSPS) is 12.1. The van der Waals surface area contributed by atoms with Crippen LogP contribution in [0.15, 0.2) is 23.7 Å². The smallest absolute Gasteiger partial charge is 0.252 e. The van der Waals surface area contributed by atoms with E-state index in [-0.39, 0.29) is 11.9 Å². The van der Waals surface area contributed by atoms with Crippen LogP contribution in [0, 0.1) is 0 Å². The van der Waals surface area contributed by atoms with Gasteiger partial charge in [0.25, 0.3) is 5.91 Å². The van der Waals surface area contributed by atoms with Crippen molar-refractivity contribution in [1.29, 1.82) is 0 Å². The van der Waals surface area contributed by atoms with Crippen molar-refractivity contribution in [2.45, 2.75) is 39.2 Å². The summed E-state index contributed by atoms with van der Waals surface area (Å²) in [5, 5.41) is 5.84. The standard InChI is InChI=1S/C15H20N4OS/c1-3-5-11-8-10(9-13(16)18-11)14(20)19-12(4-2)15-17-6-7-21-15/h6-9,12H,3-5H2,1-2H3,(H2,16,18)(H,19,20). The molecule has 6 heteroatoms. The number of aryl methyl sites for hydroxylation is 1. The van der Waals surface area contributed by atoms with Gasteiger partial charge in [0, 0.05) is 22.8 Å². The molecule has 0 aliphatic heterocycles. The quantitative estimate of drug-likeness (QED) is 0.859. The second-order valence-corrected chi connectivity index (χ2v) is 5.75. The van der Waals surface area contributed by atoms with Crippen LogP contribution in [0.4, 0.5) is 5.82 Å². The number of carbonyl (C=O) groups excluding carboxylic acids is 1. The van der Waals surface area contributed by atoms with Crippen LogP contribution in [0.2, 0.25) is 0 Å². The molecule has 0 saturated carbocycles. The number of aromatic nitrogens is 2. The number of hydrogen-bond acceptors (Lipinski definition) is 5. The zero-order valence-corrected chi connectivity index (χ0v) is 13.1. The highest BCUT2D eigenvalue weighted by molar-refractivity contribution is 7.09. The van der Waals surface area contributed by atoms with Crippen molar-refractivity contribution in [2.75, 3.05) is 5.73 Å². The zero-order valence-electron chi connectivity index (χ0n) is 12.3. The Morgan fingerprint density at radius 3 is 2.86 bits per heavy atom. The summed E-state index contributed by atoms with van der Waals surface area (Å²) in [5.74, 6) is 0.247. The number of rotatable bonds is 6. The first-order valence-electron chi connectivity index (χ1n) is 7.10. The Hall–Kier alpha value is -1.95. The molecule has 0 aliphatic rings. The first kappa shape index (κ1) is 15.4. The number of nitrogens with zero attached hydrogens (tertiary/aromatic N) is 2. The molecule has 0 spiro atoms. The average Bonchev–Trinajstić information content (AvgIpc) is 2.98. The highest BCUT2D eigenvalue weighted by atomic mass is 32.1. The van der Waals surface area contributed by atoms with Crippen LogP contribution in [0.5, 0.6) is 0 Å². The molecular formula is C15H20N4OS. The lowest BCUT2D eigenvalue weighted by Crippen LogP contribution is -2.28. The van der Waals surface area contributed by atoms with Crippen molar-refractivity contribution in [1.82, 2.24) is 15.3 Å². The molecule has 5 nitrogen and oxygen atoms in total. The molecule has 0 bridgehead atoms. The number of nitrogen functional groups attached to an aromatic ring is 1. The van der Waals surface area contributed by atoms with Gasteiger partial charge in [-0.1, -0.05) is 20.3 Å². The van der Waals surface area contributed by atoms with Gasteiger partial charge in [-0.15, -0.1) is 11.3 Å². The number of anilines is 1. The van der Waals surface area contributed by atoms with E-state index in [0.29, 0.717) is 11.4 Å². The maximum Gasteiger partial charge on any atom is 0.252 e. The summed E-state index contributed by atoms with van der Waals surface area (Å²) in [7, 11) is 0. The molecule has 21 heavy (non-hydrogen) atoms. The zero-order chi connectivity index (χ0) is 15.2. The molecule has 0 fully saturated rings. The van der Waals surface area contributed by atoms with Crippen LogP contribution in [0.25, 0.3) is 0 Å². The largest absolute Gasteiger partial charge is 0.384 e. The first-order valence-corrected chi connectivity index (χ1v) is 7.98. The fourth-order valence-corrected chi connectivity index (χ4v) is 2.89. The third kappa shape index (κ3) is 4.01. The Morgan fingerprint density at radius 1 is 1.43 bits per heavy atom. The van der Waals surface area contributed by atoms with Crippen LogP contribution in [-0.4, -0.2) is 15.9 Å². The monoisotopic (exact) mass is 304 g/mol. The van der Waals surface area contributed by atoms with Gasteiger partial charge in [0.2, 0.25) is 0 Å². The molecular weight excluding hydrogens is 284 g/mol. The lowest BCUT2D eigenvalue weighted by molar-refractivity contribution is 0.0935. The number of pyridine rings is 1. The number of nitrogens with two attached hydrogens (primary N) is 1. The second-order valence-electron chi connectivity index (χ2n) is 4.83. The van der Waals surface area contributed by atoms with Crippen molar-refractivity contribution < 1.29 is 4.79 Å². The van der Waals surface area contributed by atoms with Crippen molar-refractivity contribution >= 4 is 23.1 Å². The molecule has 2 rings (SSSR count). The average molecular weight is 304 g/mol. The highest BCUT2D eigenvalue weighted by Gasteiger charge is 2.17. The number of carbonyl (C=O) groups is 1. The third-order valence-electron chi connectivity index (χ3n) is 3.13. The van der Waals surface area contributed by atoms with Crippen molar-refractivity contribution in [3.05, 3.63) is 40.0 Å². The van der Waals surface area contributed by atoms with E-state index in [4.69, 9.17) is 5.73 Å². The number of hydrogen-bond donors (Lipinski definition) is 2. The Labute approximate surface area is 128 Å². The van der Waals surface area contributed by atoms with Gasteiger partial charge in [-0.05, 0) is 25.0 Å². The van der Waals surface area contributed by atoms with E-state index in [1.54, 1.807) is 23.6 Å². The van der Waals surface area contributed by atoms with E-state index in [1.165, 1.54) is 0 Å². The minimum absolute atomic E-state index is 0.0680. The lowest BCUT2D eigenvalue weighted by Gasteiger charge is -2.15. The predicted octanol–water partition coefficient (Wildman–Crippen LogP) is 2.95. The molecule has 0 aromatic carbocycles. The van der Waals surface area contributed by atoms with Gasteiger partial charge in [-0.3, -0.25) is 4.79 Å². The second kappa shape index (κ2) is 7.17. The fraction of sp³-hybridized carbons (Fsp3) is 0.400. The fourth-order valence-electron chi connectivity index (χ4n) is 2.11. The summed E-state index contributed by atoms with van der Waals surface area (Å²) in [5.41, 5.74) is 7.19. The van der Waals surface area contributed by atoms with E-state index in [1.807, 2.05) is 18.4 Å². The molecule has 2 aromatic rings. The third-order valence-corrected chi connectivity index (χ3v) is 4.02. The van der Waals surface area contributed by atoms with Gasteiger partial charge in [0.1, 0.15) is 10.8 Å². The van der Waals surface area contributed by atoms with Crippen LogP contribution >= 0.6 is 11.3 Å². The Bertz CT molecular complexity index is 598. The highest BCUT2D eigenvalue weighted by Crippen LogP contribution is 2.20. The number of nitrogens with one attached hydrogen (secondary N) is 1. The SMILES string of the molecule is CCCc1cc(C(=O)NC(CC)c2nccs2)cc(N)n1.